The largest absolute Gasteiger partial charge is 0.348 e. The van der Waals surface area contributed by atoms with Gasteiger partial charge in [0, 0.05) is 16.6 Å². The van der Waals surface area contributed by atoms with Crippen LogP contribution in [0.1, 0.15) is 5.01 Å². The van der Waals surface area contributed by atoms with Gasteiger partial charge in [0.1, 0.15) is 6.33 Å². The van der Waals surface area contributed by atoms with Gasteiger partial charge in [-0.05, 0) is 19.1 Å². The number of rotatable bonds is 4. The summed E-state index contributed by atoms with van der Waals surface area (Å²) in [6, 6.07) is 7.35. The lowest BCUT2D eigenvalue weighted by Gasteiger charge is -2.07. The van der Waals surface area contributed by atoms with Crippen molar-refractivity contribution in [3.8, 4) is 11.3 Å². The van der Waals surface area contributed by atoms with E-state index in [1.165, 1.54) is 6.33 Å². The van der Waals surface area contributed by atoms with E-state index in [4.69, 9.17) is 11.6 Å². The van der Waals surface area contributed by atoms with E-state index in [2.05, 4.69) is 20.3 Å². The van der Waals surface area contributed by atoms with E-state index in [1.807, 2.05) is 24.4 Å². The number of hydrogen-bond acceptors (Lipinski definition) is 7. The van der Waals surface area contributed by atoms with E-state index in [0.29, 0.717) is 5.69 Å². The zero-order chi connectivity index (χ0) is 16.4. The molecule has 0 aliphatic heterocycles. The number of nitro groups is 1. The van der Waals surface area contributed by atoms with Gasteiger partial charge < -0.3 is 5.32 Å². The summed E-state index contributed by atoms with van der Waals surface area (Å²) in [7, 11) is 0. The number of aryl methyl sites for hydroxylation is 1. The Bertz CT molecular complexity index is 866. The van der Waals surface area contributed by atoms with Crippen LogP contribution in [0.4, 0.5) is 17.2 Å². The molecule has 0 saturated heterocycles. The number of hydrogen-bond donors (Lipinski definition) is 1. The zero-order valence-electron chi connectivity index (χ0n) is 11.9. The van der Waals surface area contributed by atoms with E-state index in [9.17, 15) is 10.1 Å². The summed E-state index contributed by atoms with van der Waals surface area (Å²) in [6.45, 7) is 1.95. The highest BCUT2D eigenvalue weighted by atomic mass is 35.5. The maximum Gasteiger partial charge on any atom is 0.348 e. The Hall–Kier alpha value is -2.58. The Morgan fingerprint density at radius 1 is 1.26 bits per heavy atom. The number of halogens is 1. The molecule has 0 atom stereocenters. The number of thiazole rings is 1. The number of nitrogens with one attached hydrogen (secondary N) is 1. The van der Waals surface area contributed by atoms with Crippen LogP contribution in [0.2, 0.25) is 5.15 Å². The molecule has 0 unspecified atom stereocenters. The van der Waals surface area contributed by atoms with Crippen LogP contribution in [-0.4, -0.2) is 19.9 Å². The van der Waals surface area contributed by atoms with E-state index >= 15 is 0 Å². The van der Waals surface area contributed by atoms with Crippen LogP contribution in [0.15, 0.2) is 36.0 Å². The van der Waals surface area contributed by atoms with Gasteiger partial charge in [0.2, 0.25) is 11.0 Å². The van der Waals surface area contributed by atoms with Crippen molar-refractivity contribution in [3.05, 3.63) is 56.2 Å². The third-order valence-corrected chi connectivity index (χ3v) is 4.07. The fourth-order valence-corrected chi connectivity index (χ4v) is 2.79. The van der Waals surface area contributed by atoms with E-state index < -0.39 is 4.92 Å². The summed E-state index contributed by atoms with van der Waals surface area (Å²) in [5.41, 5.74) is 2.16. The first-order chi connectivity index (χ1) is 11.0. The summed E-state index contributed by atoms with van der Waals surface area (Å²) < 4.78 is 0. The molecular weight excluding hydrogens is 338 g/mol. The van der Waals surface area contributed by atoms with Crippen LogP contribution in [-0.2, 0) is 0 Å². The molecule has 0 fully saturated rings. The Morgan fingerprint density at radius 3 is 2.61 bits per heavy atom. The maximum absolute atomic E-state index is 11.1. The van der Waals surface area contributed by atoms with Crippen molar-refractivity contribution in [3.63, 3.8) is 0 Å². The summed E-state index contributed by atoms with van der Waals surface area (Å²) in [5, 5.41) is 16.7. The van der Waals surface area contributed by atoms with Gasteiger partial charge in [-0.2, -0.15) is 0 Å². The summed E-state index contributed by atoms with van der Waals surface area (Å²) in [5.74, 6) is 0.0484. The molecular formula is C14H10ClN5O2S. The van der Waals surface area contributed by atoms with Gasteiger partial charge in [-0.3, -0.25) is 10.1 Å². The number of aromatic nitrogens is 3. The minimum Gasteiger partial charge on any atom is -0.334 e. The molecule has 0 bridgehead atoms. The molecule has 0 aliphatic rings. The third kappa shape index (κ3) is 3.27. The van der Waals surface area contributed by atoms with Crippen LogP contribution >= 0.6 is 22.9 Å². The molecule has 0 saturated carbocycles. The first-order valence-corrected chi connectivity index (χ1v) is 7.75. The van der Waals surface area contributed by atoms with Crippen LogP contribution in [0.3, 0.4) is 0 Å². The molecule has 0 spiro atoms. The Labute approximate surface area is 140 Å². The molecule has 1 N–H and O–H groups in total. The first kappa shape index (κ1) is 15.3. The molecule has 2 aromatic heterocycles. The fraction of sp³-hybridized carbons (Fsp3) is 0.0714. The fourth-order valence-electron chi connectivity index (χ4n) is 1.97. The van der Waals surface area contributed by atoms with Gasteiger partial charge in [0.25, 0.3) is 0 Å². The molecule has 0 amide bonds. The molecule has 2 heterocycles. The minimum atomic E-state index is -0.614. The third-order valence-electron chi connectivity index (χ3n) is 3.02. The van der Waals surface area contributed by atoms with Gasteiger partial charge in [0.05, 0.1) is 15.6 Å². The highest BCUT2D eigenvalue weighted by Gasteiger charge is 2.21. The van der Waals surface area contributed by atoms with Crippen molar-refractivity contribution < 1.29 is 4.92 Å². The monoisotopic (exact) mass is 347 g/mol. The van der Waals surface area contributed by atoms with Crippen molar-refractivity contribution >= 4 is 40.1 Å². The van der Waals surface area contributed by atoms with Crippen molar-refractivity contribution in [2.45, 2.75) is 6.92 Å². The van der Waals surface area contributed by atoms with Gasteiger partial charge >= 0.3 is 5.69 Å². The lowest BCUT2D eigenvalue weighted by atomic mass is 10.1. The second kappa shape index (κ2) is 6.27. The van der Waals surface area contributed by atoms with Crippen molar-refractivity contribution in [1.29, 1.82) is 0 Å². The predicted molar refractivity (Wildman–Crippen MR) is 89.3 cm³/mol. The van der Waals surface area contributed by atoms with Crippen LogP contribution in [0.25, 0.3) is 11.3 Å². The zero-order valence-corrected chi connectivity index (χ0v) is 13.4. The molecule has 23 heavy (non-hydrogen) atoms. The van der Waals surface area contributed by atoms with Crippen molar-refractivity contribution in [1.82, 2.24) is 15.0 Å². The summed E-state index contributed by atoms with van der Waals surface area (Å²) in [6.07, 6.45) is 1.17. The van der Waals surface area contributed by atoms with E-state index in [1.54, 1.807) is 23.5 Å². The molecule has 1 aromatic carbocycles. The van der Waals surface area contributed by atoms with Gasteiger partial charge in [0.15, 0.2) is 0 Å². The molecule has 0 radical (unpaired) electrons. The van der Waals surface area contributed by atoms with Crippen LogP contribution in [0.5, 0.6) is 0 Å². The normalized spacial score (nSPS) is 10.5. The van der Waals surface area contributed by atoms with Crippen molar-refractivity contribution in [2.75, 3.05) is 5.32 Å². The number of anilines is 2. The number of nitrogens with zero attached hydrogens (tertiary/aromatic N) is 4. The smallest absolute Gasteiger partial charge is 0.334 e. The first-order valence-electron chi connectivity index (χ1n) is 6.49. The second-order valence-electron chi connectivity index (χ2n) is 4.57. The maximum atomic E-state index is 11.1. The average Bonchev–Trinajstić information content (AvgIpc) is 2.94. The quantitative estimate of drug-likeness (QED) is 0.431. The predicted octanol–water partition coefficient (Wildman–Crippen LogP) is 4.21. The Kier molecular flexibility index (Phi) is 4.18. The van der Waals surface area contributed by atoms with Gasteiger partial charge in [-0.25, -0.2) is 15.0 Å². The lowest BCUT2D eigenvalue weighted by Crippen LogP contribution is -2.01. The summed E-state index contributed by atoms with van der Waals surface area (Å²) >= 11 is 7.34. The van der Waals surface area contributed by atoms with Crippen LogP contribution < -0.4 is 5.32 Å². The van der Waals surface area contributed by atoms with E-state index in [-0.39, 0.29) is 16.7 Å². The molecule has 116 valence electrons. The topological polar surface area (TPSA) is 93.8 Å². The highest BCUT2D eigenvalue weighted by Crippen LogP contribution is 2.31. The van der Waals surface area contributed by atoms with Crippen molar-refractivity contribution in [2.24, 2.45) is 0 Å². The molecule has 3 aromatic rings. The van der Waals surface area contributed by atoms with Gasteiger partial charge in [-0.1, -0.05) is 23.7 Å². The number of benzene rings is 1. The molecule has 3 rings (SSSR count). The minimum absolute atomic E-state index is 0.0484. The standard InChI is InChI=1S/C14H10ClN5O2S/c1-8-18-11(6-23-8)9-2-4-10(5-3-9)19-14-12(20(21)22)13(15)16-7-17-14/h2-7H,1H3,(H,16,17,19). The summed E-state index contributed by atoms with van der Waals surface area (Å²) in [4.78, 5) is 22.4. The highest BCUT2D eigenvalue weighted by molar-refractivity contribution is 7.09. The molecule has 9 heteroatoms. The Morgan fingerprint density at radius 2 is 2.00 bits per heavy atom. The Balaban J connectivity index is 1.87. The van der Waals surface area contributed by atoms with Gasteiger partial charge in [-0.15, -0.1) is 11.3 Å². The average molecular weight is 348 g/mol. The molecule has 0 aliphatic carbocycles. The SMILES string of the molecule is Cc1nc(-c2ccc(Nc3ncnc(Cl)c3[N+](=O)[O-])cc2)cs1. The van der Waals surface area contributed by atoms with Crippen LogP contribution in [0, 0.1) is 17.0 Å². The molecule has 7 nitrogen and oxygen atoms in total. The second-order valence-corrected chi connectivity index (χ2v) is 5.99. The van der Waals surface area contributed by atoms with E-state index in [0.717, 1.165) is 16.3 Å². The lowest BCUT2D eigenvalue weighted by molar-refractivity contribution is -0.384.